The first-order chi connectivity index (χ1) is 5.12. The Morgan fingerprint density at radius 1 is 0.714 bits per heavy atom. The largest absolute Gasteiger partial charge is 0.439 e. The molecule has 0 aromatic rings. The minimum absolute atomic E-state index is 0. The summed E-state index contributed by atoms with van der Waals surface area (Å²) in [6.07, 6.45) is 0. The summed E-state index contributed by atoms with van der Waals surface area (Å²) >= 11 is 0. The highest BCUT2D eigenvalue weighted by atomic mass is 32.3. The van der Waals surface area contributed by atoms with E-state index in [2.05, 4.69) is 8.25 Å². The third-order valence-corrected chi connectivity index (χ3v) is 5.36. The maximum atomic E-state index is 10.4. The van der Waals surface area contributed by atoms with Gasteiger partial charge in [0.15, 0.2) is 20.4 Å². The normalized spacial score (nSPS) is 26.6. The van der Waals surface area contributed by atoms with E-state index in [1.165, 1.54) is 0 Å². The van der Waals surface area contributed by atoms with Crippen LogP contribution >= 0.6 is 0 Å². The molecule has 0 aromatic carbocycles. The van der Waals surface area contributed by atoms with Crippen molar-refractivity contribution in [3.05, 3.63) is 8.25 Å². The predicted molar refractivity (Wildman–Crippen MR) is 48.6 cm³/mol. The molecule has 1 heterocycles. The van der Waals surface area contributed by atoms with E-state index in [9.17, 15) is 25.3 Å². The van der Waals surface area contributed by atoms with Crippen LogP contribution in [-0.4, -0.2) is 25.3 Å². The molecular weight excluding hydrogens is 262 g/mol. The van der Waals surface area contributed by atoms with Crippen LogP contribution in [0.5, 0.6) is 0 Å². The summed E-state index contributed by atoms with van der Waals surface area (Å²) in [7, 11) is -14.2. The molecule has 0 unspecified atom stereocenters. The Kier molecular flexibility index (Phi) is 4.63. The molecular formula is H9N5O6S3. The van der Waals surface area contributed by atoms with E-state index in [1.807, 2.05) is 0 Å². The van der Waals surface area contributed by atoms with Gasteiger partial charge in [0.1, 0.15) is 0 Å². The van der Waals surface area contributed by atoms with Gasteiger partial charge in [-0.1, -0.05) is 0 Å². The standard InChI is InChI=1S/HN3O6S3.2H3N/c4-10(5)1-11(6,7)3-12(8,9)2-10;;/h1H;2*1H3/q-2;;/p+2. The summed E-state index contributed by atoms with van der Waals surface area (Å²) in [5, 5.41) is 0. The van der Waals surface area contributed by atoms with Crippen LogP contribution in [0.4, 0.5) is 0 Å². The molecule has 1 aliphatic rings. The van der Waals surface area contributed by atoms with Crippen molar-refractivity contribution in [1.29, 1.82) is 0 Å². The third kappa shape index (κ3) is 4.24. The SMILES string of the molecule is O=S1(=O)[N-]S(=O)(=O)NS(=O)(=O)[N-]1.[NH4+].[NH4+]. The Bertz CT molecular complexity index is 380. The number of nitrogens with zero attached hydrogens (tertiary/aromatic N) is 2. The Balaban J connectivity index is 0. The van der Waals surface area contributed by atoms with Crippen molar-refractivity contribution in [3.63, 3.8) is 0 Å². The second kappa shape index (κ2) is 4.03. The van der Waals surface area contributed by atoms with Crippen LogP contribution in [0.15, 0.2) is 0 Å². The molecule has 1 fully saturated rings. The molecule has 1 saturated heterocycles. The number of hydrogen-bond acceptors (Lipinski definition) is 6. The minimum atomic E-state index is -4.79. The first-order valence-electron chi connectivity index (χ1n) is 2.14. The first-order valence-corrected chi connectivity index (χ1v) is 6.42. The molecule has 9 N–H and O–H groups in total. The lowest BCUT2D eigenvalue weighted by Crippen LogP contribution is -2.35. The average Bonchev–Trinajstić information content (AvgIpc) is 1.44. The molecule has 11 nitrogen and oxygen atoms in total. The molecule has 0 bridgehead atoms. The van der Waals surface area contributed by atoms with Gasteiger partial charge in [-0.05, 0) is 0 Å². The van der Waals surface area contributed by atoms with Crippen LogP contribution in [0.3, 0.4) is 0 Å². The lowest BCUT2D eigenvalue weighted by atomic mass is 13.8. The lowest BCUT2D eigenvalue weighted by molar-refractivity contribution is 0.580. The van der Waals surface area contributed by atoms with Gasteiger partial charge in [-0.25, -0.2) is 16.8 Å². The van der Waals surface area contributed by atoms with Crippen molar-refractivity contribution in [2.24, 2.45) is 0 Å². The van der Waals surface area contributed by atoms with E-state index in [-0.39, 0.29) is 12.3 Å². The van der Waals surface area contributed by atoms with Crippen LogP contribution in [0.1, 0.15) is 0 Å². The molecule has 0 radical (unpaired) electrons. The zero-order valence-corrected chi connectivity index (χ0v) is 9.52. The number of quaternary nitrogens is 2. The summed E-state index contributed by atoms with van der Waals surface area (Å²) < 4.78 is 67.4. The first kappa shape index (κ1) is 16.1. The van der Waals surface area contributed by atoms with Crippen molar-refractivity contribution in [3.8, 4) is 0 Å². The molecule has 0 aromatic heterocycles. The molecule has 0 spiro atoms. The second-order valence-electron chi connectivity index (χ2n) is 1.63. The predicted octanol–water partition coefficient (Wildman–Crippen LogP) is -1.18. The van der Waals surface area contributed by atoms with Gasteiger partial charge in [0.25, 0.3) is 0 Å². The molecule has 1 aliphatic heterocycles. The zero-order valence-electron chi connectivity index (χ0n) is 7.07. The van der Waals surface area contributed by atoms with Crippen molar-refractivity contribution in [2.75, 3.05) is 0 Å². The number of nitrogens with one attached hydrogen (secondary N) is 1. The average molecular weight is 271 g/mol. The molecule has 14 heteroatoms. The number of hydrogen-bond donors (Lipinski definition) is 3. The van der Waals surface area contributed by atoms with Crippen LogP contribution < -0.4 is 16.4 Å². The summed E-state index contributed by atoms with van der Waals surface area (Å²) in [5.41, 5.74) is 0. The van der Waals surface area contributed by atoms with Crippen molar-refractivity contribution in [1.82, 2.24) is 16.4 Å². The maximum Gasteiger partial charge on any atom is 0.156 e. The van der Waals surface area contributed by atoms with Gasteiger partial charge in [0.05, 0.1) is 0 Å². The van der Waals surface area contributed by atoms with Crippen LogP contribution in [0.25, 0.3) is 8.25 Å². The highest BCUT2D eigenvalue weighted by Crippen LogP contribution is 2.24. The van der Waals surface area contributed by atoms with Crippen molar-refractivity contribution in [2.45, 2.75) is 0 Å². The topological polar surface area (TPSA) is 216 Å². The fraction of sp³-hybridized carbons (Fsp3) is 0. The van der Waals surface area contributed by atoms with Crippen molar-refractivity contribution < 1.29 is 25.3 Å². The van der Waals surface area contributed by atoms with E-state index in [4.69, 9.17) is 0 Å². The molecule has 88 valence electrons. The number of rotatable bonds is 0. The van der Waals surface area contributed by atoms with E-state index in [1.54, 1.807) is 0 Å². The highest BCUT2D eigenvalue weighted by Gasteiger charge is 2.16. The van der Waals surface area contributed by atoms with Gasteiger partial charge in [-0.3, -0.25) is 8.42 Å². The molecule has 1 rings (SSSR count). The van der Waals surface area contributed by atoms with Crippen LogP contribution in [-0.2, 0) is 30.6 Å². The smallest absolute Gasteiger partial charge is 0.156 e. The molecule has 0 atom stereocenters. The van der Waals surface area contributed by atoms with Gasteiger partial charge in [-0.15, -0.1) is 4.13 Å². The fourth-order valence-electron chi connectivity index (χ4n) is 0.425. The Morgan fingerprint density at radius 2 is 1.00 bits per heavy atom. The van der Waals surface area contributed by atoms with Gasteiger partial charge in [0.2, 0.25) is 0 Å². The Morgan fingerprint density at radius 3 is 1.21 bits per heavy atom. The zero-order chi connectivity index (χ0) is 9.62. The quantitative estimate of drug-likeness (QED) is 0.492. The lowest BCUT2D eigenvalue weighted by Gasteiger charge is -2.36. The summed E-state index contributed by atoms with van der Waals surface area (Å²) in [6.45, 7) is 0. The molecule has 0 amide bonds. The van der Waals surface area contributed by atoms with E-state index in [0.29, 0.717) is 0 Å². The monoisotopic (exact) mass is 271 g/mol. The van der Waals surface area contributed by atoms with Crippen LogP contribution in [0, 0.1) is 0 Å². The summed E-state index contributed by atoms with van der Waals surface area (Å²) in [4.78, 5) is 0. The van der Waals surface area contributed by atoms with Gasteiger partial charge in [0, 0.05) is 10.2 Å². The second-order valence-corrected chi connectivity index (χ2v) is 6.29. The van der Waals surface area contributed by atoms with E-state index in [0.717, 1.165) is 4.13 Å². The Hall–Kier alpha value is -0.350. The van der Waals surface area contributed by atoms with E-state index >= 15 is 0 Å². The summed E-state index contributed by atoms with van der Waals surface area (Å²) in [5.74, 6) is 0. The summed E-state index contributed by atoms with van der Waals surface area (Å²) in [6, 6.07) is 0. The maximum absolute atomic E-state index is 10.4. The van der Waals surface area contributed by atoms with Crippen molar-refractivity contribution >= 4 is 30.6 Å². The minimum Gasteiger partial charge on any atom is -0.439 e. The van der Waals surface area contributed by atoms with Crippen LogP contribution in [0.2, 0.25) is 0 Å². The molecule has 0 aliphatic carbocycles. The molecule has 0 saturated carbocycles. The highest BCUT2D eigenvalue weighted by molar-refractivity contribution is 8.27. The van der Waals surface area contributed by atoms with Gasteiger partial charge < -0.3 is 20.6 Å². The van der Waals surface area contributed by atoms with Gasteiger partial charge in [-0.2, -0.15) is 0 Å². The van der Waals surface area contributed by atoms with Gasteiger partial charge >= 0.3 is 0 Å². The fourth-order valence-corrected chi connectivity index (χ4v) is 4.62. The van der Waals surface area contributed by atoms with E-state index < -0.39 is 30.6 Å². The Labute approximate surface area is 81.0 Å². The third-order valence-electron chi connectivity index (χ3n) is 0.595. The molecule has 14 heavy (non-hydrogen) atoms.